The molecule has 5 heterocycles. The van der Waals surface area contributed by atoms with Gasteiger partial charge in [0.05, 0.1) is 11.0 Å². The van der Waals surface area contributed by atoms with Crippen molar-refractivity contribution in [1.82, 2.24) is 39.3 Å². The molecule has 3 fully saturated rings. The summed E-state index contributed by atoms with van der Waals surface area (Å²) in [5.74, 6) is -0.684. The summed E-state index contributed by atoms with van der Waals surface area (Å²) >= 11 is 0. The topological polar surface area (TPSA) is 152 Å². The Morgan fingerprint density at radius 3 is 1.62 bits per heavy atom. The van der Waals surface area contributed by atoms with E-state index in [0.717, 1.165) is 110 Å². The molecule has 87 heavy (non-hydrogen) atoms. The van der Waals surface area contributed by atoms with Crippen LogP contribution in [0.5, 0.6) is 0 Å². The van der Waals surface area contributed by atoms with Crippen molar-refractivity contribution >= 4 is 45.7 Å². The summed E-state index contributed by atoms with van der Waals surface area (Å²) in [5.41, 5.74) is 3.86. The van der Waals surface area contributed by atoms with E-state index in [1.54, 1.807) is 14.1 Å². The summed E-state index contributed by atoms with van der Waals surface area (Å²) in [7, 11) is 2.18. The first-order valence-corrected chi connectivity index (χ1v) is 35.2. The van der Waals surface area contributed by atoms with E-state index in [2.05, 4.69) is 42.1 Å². The van der Waals surface area contributed by atoms with E-state index >= 15 is 0 Å². The molecule has 4 aromatic rings. The van der Waals surface area contributed by atoms with Crippen LogP contribution < -0.4 is 10.9 Å². The number of unbranched alkanes of at least 4 members (excludes halogenated alkanes) is 26. The predicted octanol–water partition coefficient (Wildman–Crippen LogP) is 15.1. The Kier molecular flexibility index (Phi) is 31.0. The van der Waals surface area contributed by atoms with Gasteiger partial charge < -0.3 is 29.5 Å². The number of amides is 3. The third-order valence-corrected chi connectivity index (χ3v) is 19.2. The van der Waals surface area contributed by atoms with Crippen molar-refractivity contribution < 1.29 is 28.7 Å². The van der Waals surface area contributed by atoms with E-state index in [0.29, 0.717) is 69.9 Å². The number of para-hydroxylation sites is 1. The van der Waals surface area contributed by atoms with Crippen molar-refractivity contribution in [1.29, 1.82) is 0 Å². The number of nitrogens with one attached hydrogen (secondary N) is 1. The number of hydrogen-bond acceptors (Lipinski definition) is 10. The van der Waals surface area contributed by atoms with Crippen LogP contribution in [0.2, 0.25) is 0 Å². The van der Waals surface area contributed by atoms with E-state index in [1.807, 2.05) is 54.4 Å². The first-order chi connectivity index (χ1) is 42.5. The molecule has 0 radical (unpaired) electrons. The third kappa shape index (κ3) is 23.6. The summed E-state index contributed by atoms with van der Waals surface area (Å²) in [5, 5.41) is 9.78. The van der Waals surface area contributed by atoms with Gasteiger partial charge in [-0.2, -0.15) is 5.10 Å². The van der Waals surface area contributed by atoms with Crippen molar-refractivity contribution in [2.24, 2.45) is 0 Å². The quantitative estimate of drug-likeness (QED) is 0.0337. The molecule has 1 N–H and O–H groups in total. The van der Waals surface area contributed by atoms with Gasteiger partial charge in [-0.25, -0.2) is 9.48 Å². The average Bonchev–Trinajstić information content (AvgIpc) is 2.65. The van der Waals surface area contributed by atoms with Gasteiger partial charge in [-0.1, -0.05) is 205 Å². The van der Waals surface area contributed by atoms with Crippen molar-refractivity contribution in [3.63, 3.8) is 0 Å². The standard InChI is InChI=1S/C72H114N8O7/c1-5-7-9-11-13-15-17-19-21-23-25-27-29-31-37-67(81)86-56-79-55-62-52-59(51-58(3)69(62)74-79)53-65(71(84)77-49-47-76(48-50-77)63-41-43-75(4)44-42-63)73-72(85)78-45-39-60(40-46-78)64-54-61-35-33-34-36-66(61)80(70(64)83)57-87-68(82)38-32-30-28-26-24-22-20-18-16-14-12-10-8-6-2/h33-36,51-52,54-55,60,63,65H,5-32,37-50,53,56-57H2,1-4H3,(H,73,85)/t65-/m1/s1. The lowest BCUT2D eigenvalue weighted by atomic mass is 9.89. The van der Waals surface area contributed by atoms with Crippen molar-refractivity contribution in [2.75, 3.05) is 59.4 Å². The Morgan fingerprint density at radius 1 is 0.575 bits per heavy atom. The Labute approximate surface area is 523 Å². The first-order valence-electron chi connectivity index (χ1n) is 35.2. The predicted molar refractivity (Wildman–Crippen MR) is 353 cm³/mol. The molecular formula is C72H114N8O7. The number of rotatable bonds is 40. The maximum Gasteiger partial charge on any atom is 0.318 e. The van der Waals surface area contributed by atoms with Gasteiger partial charge >= 0.3 is 18.0 Å². The van der Waals surface area contributed by atoms with Crippen molar-refractivity contribution in [3.05, 3.63) is 75.7 Å². The summed E-state index contributed by atoms with van der Waals surface area (Å²) < 4.78 is 14.7. The largest absolute Gasteiger partial charge is 0.444 e. The van der Waals surface area contributed by atoms with E-state index in [4.69, 9.17) is 14.6 Å². The molecule has 0 unspecified atom stereocenters. The minimum Gasteiger partial charge on any atom is -0.444 e. The number of urea groups is 1. The molecular weight excluding hydrogens is 1090 g/mol. The lowest BCUT2D eigenvalue weighted by Crippen LogP contribution is -2.59. The Hall–Kier alpha value is -5.28. The second-order valence-electron chi connectivity index (χ2n) is 26.3. The van der Waals surface area contributed by atoms with Crippen molar-refractivity contribution in [3.8, 4) is 0 Å². The van der Waals surface area contributed by atoms with E-state index in [-0.39, 0.29) is 48.8 Å². The van der Waals surface area contributed by atoms with Gasteiger partial charge in [0.15, 0.2) is 13.5 Å². The SMILES string of the molecule is CCCCCCCCCCCCCCCCC(=O)OCn1cc2cc(C[C@@H](NC(=O)N3CCC(c4cc5ccccc5n(COC(=O)CCCCCCCCCCCCCCCC)c4=O)CC3)C(=O)N3CCN(C4CCN(C)CC4)CC3)cc(C)c2n1. The summed E-state index contributed by atoms with van der Waals surface area (Å²) in [6.07, 6.45) is 41.6. The fraction of sp³-hybridized carbons (Fsp3) is 0.722. The second kappa shape index (κ2) is 39.0. The molecule has 0 aliphatic carbocycles. The Bertz CT molecular complexity index is 2720. The number of pyridine rings is 1. The fourth-order valence-electron chi connectivity index (χ4n) is 13.7. The molecule has 7 rings (SSSR count). The molecule has 0 bridgehead atoms. The lowest BCUT2D eigenvalue weighted by molar-refractivity contribution is -0.148. The van der Waals surface area contributed by atoms with Crippen LogP contribution in [-0.4, -0.2) is 129 Å². The number of likely N-dealkylation sites (tertiary alicyclic amines) is 2. The van der Waals surface area contributed by atoms with Gasteiger partial charge in [-0.3, -0.25) is 28.6 Å². The molecule has 2 aromatic heterocycles. The van der Waals surface area contributed by atoms with E-state index in [9.17, 15) is 24.0 Å². The van der Waals surface area contributed by atoms with Crippen LogP contribution in [0, 0.1) is 6.92 Å². The number of aromatic nitrogens is 3. The normalized spacial score (nSPS) is 16.0. The minimum atomic E-state index is -0.808. The maximum atomic E-state index is 14.8. The fourth-order valence-corrected chi connectivity index (χ4v) is 13.7. The maximum absolute atomic E-state index is 14.8. The molecule has 3 aliphatic heterocycles. The summed E-state index contributed by atoms with van der Waals surface area (Å²) in [6, 6.07) is 13.2. The summed E-state index contributed by atoms with van der Waals surface area (Å²) in [6.45, 7) is 12.3. The van der Waals surface area contributed by atoms with Gasteiger partial charge in [0, 0.05) is 81.7 Å². The number of ether oxygens (including phenoxy) is 2. The molecule has 0 saturated carbocycles. The van der Waals surface area contributed by atoms with Crippen molar-refractivity contribution in [2.45, 2.75) is 277 Å². The molecule has 15 nitrogen and oxygen atoms in total. The average molecular weight is 1200 g/mol. The second-order valence-corrected chi connectivity index (χ2v) is 26.3. The smallest absolute Gasteiger partial charge is 0.318 e. The number of piperazine rings is 1. The van der Waals surface area contributed by atoms with E-state index < -0.39 is 6.04 Å². The molecule has 3 amide bonds. The number of aryl methyl sites for hydroxylation is 1. The van der Waals surface area contributed by atoms with Gasteiger partial charge in [-0.15, -0.1) is 0 Å². The first kappa shape index (κ1) is 69.2. The zero-order valence-corrected chi connectivity index (χ0v) is 54.7. The van der Waals surface area contributed by atoms with Crippen LogP contribution in [0.1, 0.15) is 255 Å². The van der Waals surface area contributed by atoms with Gasteiger partial charge in [-0.05, 0) is 106 Å². The number of carbonyl (C=O) groups is 4. The number of piperidine rings is 2. The highest BCUT2D eigenvalue weighted by Gasteiger charge is 2.34. The van der Waals surface area contributed by atoms with Gasteiger partial charge in [0.1, 0.15) is 6.04 Å². The summed E-state index contributed by atoms with van der Waals surface area (Å²) in [4.78, 5) is 78.1. The zero-order chi connectivity index (χ0) is 61.4. The number of esters is 2. The number of hydrogen-bond donors (Lipinski definition) is 1. The minimum absolute atomic E-state index is 0.0321. The number of carbonyl (C=O) groups excluding carboxylic acids is 4. The molecule has 2 aromatic carbocycles. The van der Waals surface area contributed by atoms with Gasteiger partial charge in [0.25, 0.3) is 5.56 Å². The number of nitrogens with zero attached hydrogens (tertiary/aromatic N) is 7. The third-order valence-electron chi connectivity index (χ3n) is 19.2. The number of fused-ring (bicyclic) bond motifs is 2. The molecule has 15 heteroatoms. The monoisotopic (exact) mass is 1200 g/mol. The highest BCUT2D eigenvalue weighted by atomic mass is 16.5. The molecule has 0 spiro atoms. The highest BCUT2D eigenvalue weighted by Crippen LogP contribution is 2.30. The Balaban J connectivity index is 0.892. The van der Waals surface area contributed by atoms with E-state index in [1.165, 1.54) is 141 Å². The lowest BCUT2D eigenvalue weighted by Gasteiger charge is -2.43. The van der Waals surface area contributed by atoms with Crippen LogP contribution in [0.3, 0.4) is 0 Å². The molecule has 3 aliphatic rings. The molecule has 484 valence electrons. The zero-order valence-electron chi connectivity index (χ0n) is 54.7. The van der Waals surface area contributed by atoms with Crippen LogP contribution in [0.4, 0.5) is 4.79 Å². The highest BCUT2D eigenvalue weighted by molar-refractivity contribution is 5.88. The number of benzene rings is 2. The van der Waals surface area contributed by atoms with Crippen LogP contribution >= 0.6 is 0 Å². The Morgan fingerprint density at radius 2 is 1.08 bits per heavy atom. The molecule has 3 saturated heterocycles. The van der Waals surface area contributed by atoms with Crippen LogP contribution in [-0.2, 0) is 43.7 Å². The van der Waals surface area contributed by atoms with Crippen LogP contribution in [0.25, 0.3) is 21.8 Å². The van der Waals surface area contributed by atoms with Crippen LogP contribution in [0.15, 0.2) is 53.5 Å². The molecule has 1 atom stereocenters. The van der Waals surface area contributed by atoms with Gasteiger partial charge in [0.2, 0.25) is 5.91 Å².